The van der Waals surface area contributed by atoms with Crippen molar-refractivity contribution in [3.05, 3.63) is 76.2 Å². The van der Waals surface area contributed by atoms with Crippen molar-refractivity contribution >= 4 is 17.7 Å². The molecule has 7 nitrogen and oxygen atoms in total. The lowest BCUT2D eigenvalue weighted by molar-refractivity contribution is -0.120. The molecule has 3 rings (SSSR count). The molecule has 0 spiro atoms. The molecule has 0 aliphatic heterocycles. The summed E-state index contributed by atoms with van der Waals surface area (Å²) in [4.78, 5) is 24.6. The van der Waals surface area contributed by atoms with Crippen LogP contribution in [0.5, 0.6) is 5.75 Å². The van der Waals surface area contributed by atoms with Crippen LogP contribution in [0.4, 0.5) is 0 Å². The molecule has 1 amide bonds. The van der Waals surface area contributed by atoms with Crippen molar-refractivity contribution < 1.29 is 9.53 Å². The number of ether oxygens (including phenoxy) is 1. The van der Waals surface area contributed by atoms with Gasteiger partial charge >= 0.3 is 5.69 Å². The van der Waals surface area contributed by atoms with Gasteiger partial charge in [0.05, 0.1) is 12.4 Å². The second-order valence-electron chi connectivity index (χ2n) is 6.49. The standard InChI is InChI=1S/C21H24N4O3S/c1-15(19(26)22-14-17-10-6-7-11-18(17)28-2)29-21-24-23-20(27)25(21)13-12-16-8-4-3-5-9-16/h3-11,15H,12-14H2,1-2H3,(H,22,26)(H,23,27). The van der Waals surface area contributed by atoms with Gasteiger partial charge in [0.2, 0.25) is 5.91 Å². The molecule has 8 heteroatoms. The Bertz CT molecular complexity index is 1000. The van der Waals surface area contributed by atoms with Crippen LogP contribution in [-0.4, -0.2) is 33.0 Å². The highest BCUT2D eigenvalue weighted by molar-refractivity contribution is 8.00. The molecule has 0 saturated heterocycles. The SMILES string of the molecule is COc1ccccc1CNC(=O)C(C)Sc1n[nH]c(=O)n1CCc1ccccc1. The minimum atomic E-state index is -0.407. The van der Waals surface area contributed by atoms with E-state index in [1.165, 1.54) is 11.8 Å². The average molecular weight is 413 g/mol. The van der Waals surface area contributed by atoms with E-state index in [0.717, 1.165) is 16.9 Å². The van der Waals surface area contributed by atoms with Crippen LogP contribution < -0.4 is 15.7 Å². The van der Waals surface area contributed by atoms with Crippen molar-refractivity contribution in [2.75, 3.05) is 7.11 Å². The first-order valence-electron chi connectivity index (χ1n) is 9.34. The first-order chi connectivity index (χ1) is 14.1. The fourth-order valence-electron chi connectivity index (χ4n) is 2.86. The molecule has 3 aromatic rings. The monoisotopic (exact) mass is 412 g/mol. The molecule has 1 heterocycles. The predicted octanol–water partition coefficient (Wildman–Crippen LogP) is 2.62. The fraction of sp³-hybridized carbons (Fsp3) is 0.286. The molecule has 1 unspecified atom stereocenters. The number of thioether (sulfide) groups is 1. The van der Waals surface area contributed by atoms with Crippen LogP contribution in [0.25, 0.3) is 0 Å². The number of H-pyrrole nitrogens is 1. The number of carbonyl (C=O) groups is 1. The number of rotatable bonds is 9. The zero-order valence-corrected chi connectivity index (χ0v) is 17.2. The Morgan fingerprint density at radius 2 is 1.93 bits per heavy atom. The first kappa shape index (κ1) is 20.7. The van der Waals surface area contributed by atoms with E-state index in [1.807, 2.05) is 54.6 Å². The van der Waals surface area contributed by atoms with E-state index in [2.05, 4.69) is 15.5 Å². The zero-order chi connectivity index (χ0) is 20.6. The number of aryl methyl sites for hydroxylation is 1. The molecule has 0 radical (unpaired) electrons. The molecule has 0 fully saturated rings. The zero-order valence-electron chi connectivity index (χ0n) is 16.4. The molecule has 1 atom stereocenters. The lowest BCUT2D eigenvalue weighted by Gasteiger charge is -2.13. The predicted molar refractivity (Wildman–Crippen MR) is 113 cm³/mol. The highest BCUT2D eigenvalue weighted by Gasteiger charge is 2.19. The maximum absolute atomic E-state index is 12.5. The minimum Gasteiger partial charge on any atom is -0.496 e. The van der Waals surface area contributed by atoms with E-state index in [9.17, 15) is 9.59 Å². The molecule has 0 aliphatic rings. The number of para-hydroxylation sites is 1. The Balaban J connectivity index is 1.59. The van der Waals surface area contributed by atoms with Gasteiger partial charge in [0.1, 0.15) is 5.75 Å². The van der Waals surface area contributed by atoms with Gasteiger partial charge in [0, 0.05) is 18.7 Å². The van der Waals surface area contributed by atoms with Crippen LogP contribution in [0.15, 0.2) is 64.5 Å². The van der Waals surface area contributed by atoms with E-state index in [1.54, 1.807) is 18.6 Å². The smallest absolute Gasteiger partial charge is 0.343 e. The summed E-state index contributed by atoms with van der Waals surface area (Å²) < 4.78 is 6.88. The molecule has 0 saturated carbocycles. The van der Waals surface area contributed by atoms with Gasteiger partial charge in [0.25, 0.3) is 0 Å². The first-order valence-corrected chi connectivity index (χ1v) is 10.2. The summed E-state index contributed by atoms with van der Waals surface area (Å²) in [6.45, 7) is 2.66. The Morgan fingerprint density at radius 3 is 2.69 bits per heavy atom. The number of hydrogen-bond donors (Lipinski definition) is 2. The van der Waals surface area contributed by atoms with Crippen molar-refractivity contribution in [3.63, 3.8) is 0 Å². The summed E-state index contributed by atoms with van der Waals surface area (Å²) in [5.74, 6) is 0.598. The van der Waals surface area contributed by atoms with Gasteiger partial charge in [-0.15, -0.1) is 5.10 Å². The molecule has 0 aliphatic carbocycles. The van der Waals surface area contributed by atoms with Crippen LogP contribution in [0, 0.1) is 0 Å². The minimum absolute atomic E-state index is 0.133. The summed E-state index contributed by atoms with van der Waals surface area (Å²) in [7, 11) is 1.60. The summed E-state index contributed by atoms with van der Waals surface area (Å²) in [6, 6.07) is 17.5. The number of nitrogens with one attached hydrogen (secondary N) is 2. The summed E-state index contributed by atoms with van der Waals surface area (Å²) >= 11 is 1.26. The quantitative estimate of drug-likeness (QED) is 0.528. The molecule has 2 aromatic carbocycles. The third kappa shape index (κ3) is 5.51. The van der Waals surface area contributed by atoms with Crippen molar-refractivity contribution in [1.29, 1.82) is 0 Å². The number of carbonyl (C=O) groups excluding carboxylic acids is 1. The summed E-state index contributed by atoms with van der Waals surface area (Å²) in [6.07, 6.45) is 0.711. The van der Waals surface area contributed by atoms with Gasteiger partial charge in [-0.2, -0.15) is 0 Å². The normalized spacial score (nSPS) is 11.8. The molecule has 1 aromatic heterocycles. The van der Waals surface area contributed by atoms with Crippen LogP contribution in [-0.2, 0) is 24.3 Å². The molecule has 29 heavy (non-hydrogen) atoms. The molecular weight excluding hydrogens is 388 g/mol. The number of amides is 1. The average Bonchev–Trinajstić information content (AvgIpc) is 3.10. The number of nitrogens with zero attached hydrogens (tertiary/aromatic N) is 2. The van der Waals surface area contributed by atoms with Crippen LogP contribution in [0.3, 0.4) is 0 Å². The van der Waals surface area contributed by atoms with Crippen molar-refractivity contribution in [3.8, 4) is 5.75 Å². The van der Waals surface area contributed by atoms with Crippen molar-refractivity contribution in [2.45, 2.75) is 36.8 Å². The second kappa shape index (κ2) is 9.97. The third-order valence-electron chi connectivity index (χ3n) is 4.49. The maximum Gasteiger partial charge on any atom is 0.343 e. The third-order valence-corrected chi connectivity index (χ3v) is 5.58. The number of aromatic amines is 1. The lowest BCUT2D eigenvalue weighted by atomic mass is 10.1. The fourth-order valence-corrected chi connectivity index (χ4v) is 3.77. The van der Waals surface area contributed by atoms with E-state index in [4.69, 9.17) is 4.74 Å². The van der Waals surface area contributed by atoms with Gasteiger partial charge < -0.3 is 10.1 Å². The number of hydrogen-bond acceptors (Lipinski definition) is 5. The number of aromatic nitrogens is 3. The van der Waals surface area contributed by atoms with Crippen LogP contribution >= 0.6 is 11.8 Å². The van der Waals surface area contributed by atoms with Crippen LogP contribution in [0.2, 0.25) is 0 Å². The van der Waals surface area contributed by atoms with E-state index in [0.29, 0.717) is 24.7 Å². The topological polar surface area (TPSA) is 89.0 Å². The molecule has 152 valence electrons. The molecular formula is C21H24N4O3S. The Labute approximate surface area is 173 Å². The largest absolute Gasteiger partial charge is 0.496 e. The summed E-state index contributed by atoms with van der Waals surface area (Å²) in [5.41, 5.74) is 1.77. The highest BCUT2D eigenvalue weighted by atomic mass is 32.2. The number of methoxy groups -OCH3 is 1. The Hall–Kier alpha value is -3.00. The van der Waals surface area contributed by atoms with E-state index < -0.39 is 5.25 Å². The van der Waals surface area contributed by atoms with Crippen molar-refractivity contribution in [1.82, 2.24) is 20.1 Å². The van der Waals surface area contributed by atoms with Gasteiger partial charge in [-0.3, -0.25) is 9.36 Å². The maximum atomic E-state index is 12.5. The van der Waals surface area contributed by atoms with Crippen molar-refractivity contribution in [2.24, 2.45) is 0 Å². The second-order valence-corrected chi connectivity index (χ2v) is 7.80. The van der Waals surface area contributed by atoms with Crippen LogP contribution in [0.1, 0.15) is 18.1 Å². The number of benzene rings is 2. The van der Waals surface area contributed by atoms with Gasteiger partial charge in [0.15, 0.2) is 5.16 Å². The molecule has 2 N–H and O–H groups in total. The molecule has 0 bridgehead atoms. The van der Waals surface area contributed by atoms with Gasteiger partial charge in [-0.25, -0.2) is 9.89 Å². The Morgan fingerprint density at radius 1 is 1.21 bits per heavy atom. The Kier molecular flexibility index (Phi) is 7.13. The van der Waals surface area contributed by atoms with Gasteiger partial charge in [-0.05, 0) is 25.0 Å². The van der Waals surface area contributed by atoms with E-state index >= 15 is 0 Å². The lowest BCUT2D eigenvalue weighted by Crippen LogP contribution is -2.31. The van der Waals surface area contributed by atoms with E-state index in [-0.39, 0.29) is 11.6 Å². The highest BCUT2D eigenvalue weighted by Crippen LogP contribution is 2.21. The van der Waals surface area contributed by atoms with Gasteiger partial charge in [-0.1, -0.05) is 60.3 Å². The summed E-state index contributed by atoms with van der Waals surface area (Å²) in [5, 5.41) is 9.57.